The van der Waals surface area contributed by atoms with Crippen molar-refractivity contribution >= 4 is 0 Å². The Balaban J connectivity index is 1.88. The molecule has 0 aromatic heterocycles. The van der Waals surface area contributed by atoms with Crippen LogP contribution in [0.2, 0.25) is 0 Å². The van der Waals surface area contributed by atoms with E-state index in [1.807, 2.05) is 18.2 Å². The van der Waals surface area contributed by atoms with Gasteiger partial charge in [0.1, 0.15) is 0 Å². The number of nitriles is 1. The van der Waals surface area contributed by atoms with E-state index in [-0.39, 0.29) is 5.41 Å². The van der Waals surface area contributed by atoms with Gasteiger partial charge in [-0.25, -0.2) is 0 Å². The van der Waals surface area contributed by atoms with E-state index in [0.29, 0.717) is 12.1 Å². The third-order valence-electron chi connectivity index (χ3n) is 4.24. The van der Waals surface area contributed by atoms with Crippen molar-refractivity contribution in [1.29, 1.82) is 5.26 Å². The minimum atomic E-state index is -0.247. The minimum Gasteiger partial charge on any atom is -0.311 e. The molecule has 1 N–H and O–H groups in total. The second-order valence-electron chi connectivity index (χ2n) is 5.88. The SMILES string of the molecule is CCCCC(C)NC1CC(C#N)(c2ccccc2)C1. The summed E-state index contributed by atoms with van der Waals surface area (Å²) in [5.74, 6) is 0. The Hall–Kier alpha value is -1.33. The van der Waals surface area contributed by atoms with E-state index in [1.165, 1.54) is 24.8 Å². The summed E-state index contributed by atoms with van der Waals surface area (Å²) in [4.78, 5) is 0. The van der Waals surface area contributed by atoms with Gasteiger partial charge in [0, 0.05) is 12.1 Å². The molecule has 1 unspecified atom stereocenters. The largest absolute Gasteiger partial charge is 0.311 e. The van der Waals surface area contributed by atoms with Gasteiger partial charge < -0.3 is 5.32 Å². The van der Waals surface area contributed by atoms with Gasteiger partial charge in [0.05, 0.1) is 11.5 Å². The van der Waals surface area contributed by atoms with Crippen molar-refractivity contribution in [2.45, 2.75) is 63.5 Å². The molecule has 0 bridgehead atoms. The lowest BCUT2D eigenvalue weighted by Gasteiger charge is -2.44. The summed E-state index contributed by atoms with van der Waals surface area (Å²) in [5, 5.41) is 13.2. The molecule has 1 aliphatic carbocycles. The molecule has 2 nitrogen and oxygen atoms in total. The van der Waals surface area contributed by atoms with Crippen molar-refractivity contribution in [3.8, 4) is 6.07 Å². The highest BCUT2D eigenvalue weighted by molar-refractivity contribution is 5.36. The van der Waals surface area contributed by atoms with Gasteiger partial charge in [-0.3, -0.25) is 0 Å². The van der Waals surface area contributed by atoms with Gasteiger partial charge in [-0.05, 0) is 31.7 Å². The van der Waals surface area contributed by atoms with Crippen molar-refractivity contribution in [2.75, 3.05) is 0 Å². The maximum atomic E-state index is 9.51. The molecular weight excluding hydrogens is 232 g/mol. The summed E-state index contributed by atoms with van der Waals surface area (Å²) in [6.45, 7) is 4.48. The molecule has 1 atom stereocenters. The highest BCUT2D eigenvalue weighted by Gasteiger charge is 2.46. The zero-order valence-corrected chi connectivity index (χ0v) is 12.0. The Labute approximate surface area is 116 Å². The van der Waals surface area contributed by atoms with E-state index < -0.39 is 0 Å². The number of hydrogen-bond donors (Lipinski definition) is 1. The number of unbranched alkanes of at least 4 members (excludes halogenated alkanes) is 1. The monoisotopic (exact) mass is 256 g/mol. The number of nitrogens with zero attached hydrogens (tertiary/aromatic N) is 1. The van der Waals surface area contributed by atoms with Crippen molar-refractivity contribution in [3.63, 3.8) is 0 Å². The number of benzene rings is 1. The van der Waals surface area contributed by atoms with Gasteiger partial charge in [-0.2, -0.15) is 5.26 Å². The smallest absolute Gasteiger partial charge is 0.0852 e. The third kappa shape index (κ3) is 3.16. The van der Waals surface area contributed by atoms with Crippen molar-refractivity contribution in [2.24, 2.45) is 0 Å². The van der Waals surface area contributed by atoms with Crippen molar-refractivity contribution in [1.82, 2.24) is 5.32 Å². The molecule has 19 heavy (non-hydrogen) atoms. The fourth-order valence-electron chi connectivity index (χ4n) is 3.04. The topological polar surface area (TPSA) is 35.8 Å². The molecule has 0 radical (unpaired) electrons. The van der Waals surface area contributed by atoms with Crippen LogP contribution in [0.1, 0.15) is 51.5 Å². The molecule has 102 valence electrons. The Morgan fingerprint density at radius 2 is 2.05 bits per heavy atom. The molecule has 0 amide bonds. The molecule has 2 rings (SSSR count). The normalized spacial score (nSPS) is 27.3. The van der Waals surface area contributed by atoms with Gasteiger partial charge in [-0.1, -0.05) is 50.1 Å². The average Bonchev–Trinajstić information content (AvgIpc) is 2.41. The van der Waals surface area contributed by atoms with Gasteiger partial charge in [0.2, 0.25) is 0 Å². The first-order chi connectivity index (χ1) is 9.20. The summed E-state index contributed by atoms with van der Waals surface area (Å²) < 4.78 is 0. The molecule has 1 aliphatic rings. The summed E-state index contributed by atoms with van der Waals surface area (Å²) in [6, 6.07) is 13.8. The lowest BCUT2D eigenvalue weighted by molar-refractivity contribution is 0.209. The summed E-state index contributed by atoms with van der Waals surface area (Å²) in [7, 11) is 0. The molecular formula is C17H24N2. The van der Waals surface area contributed by atoms with E-state index in [4.69, 9.17) is 0 Å². The Morgan fingerprint density at radius 1 is 1.37 bits per heavy atom. The number of rotatable bonds is 6. The molecule has 2 heteroatoms. The number of nitrogens with one attached hydrogen (secondary N) is 1. The first kappa shape index (κ1) is 14.1. The fourth-order valence-corrected chi connectivity index (χ4v) is 3.04. The van der Waals surface area contributed by atoms with E-state index in [9.17, 15) is 5.26 Å². The predicted molar refractivity (Wildman–Crippen MR) is 78.9 cm³/mol. The van der Waals surface area contributed by atoms with Crippen LogP contribution in [0.5, 0.6) is 0 Å². The maximum Gasteiger partial charge on any atom is 0.0852 e. The van der Waals surface area contributed by atoms with Crippen LogP contribution >= 0.6 is 0 Å². The van der Waals surface area contributed by atoms with Gasteiger partial charge in [0.25, 0.3) is 0 Å². The zero-order valence-electron chi connectivity index (χ0n) is 12.0. The van der Waals surface area contributed by atoms with Crippen molar-refractivity contribution in [3.05, 3.63) is 35.9 Å². The van der Waals surface area contributed by atoms with Crippen LogP contribution in [0.4, 0.5) is 0 Å². The van der Waals surface area contributed by atoms with Gasteiger partial charge >= 0.3 is 0 Å². The Kier molecular flexibility index (Phi) is 4.61. The number of hydrogen-bond acceptors (Lipinski definition) is 2. The van der Waals surface area contributed by atoms with Crippen LogP contribution in [0.15, 0.2) is 30.3 Å². The van der Waals surface area contributed by atoms with Crippen LogP contribution in [0.3, 0.4) is 0 Å². The third-order valence-corrected chi connectivity index (χ3v) is 4.24. The molecule has 1 fully saturated rings. The van der Waals surface area contributed by atoms with E-state index in [2.05, 4.69) is 37.4 Å². The van der Waals surface area contributed by atoms with E-state index in [0.717, 1.165) is 12.8 Å². The fraction of sp³-hybridized carbons (Fsp3) is 0.588. The second kappa shape index (κ2) is 6.21. The summed E-state index contributed by atoms with van der Waals surface area (Å²) in [6.07, 6.45) is 5.66. The van der Waals surface area contributed by atoms with Crippen molar-refractivity contribution < 1.29 is 0 Å². The van der Waals surface area contributed by atoms with E-state index in [1.54, 1.807) is 0 Å². The Morgan fingerprint density at radius 3 is 2.63 bits per heavy atom. The lowest BCUT2D eigenvalue weighted by Crippen LogP contribution is -2.53. The highest BCUT2D eigenvalue weighted by atomic mass is 15.0. The summed E-state index contributed by atoms with van der Waals surface area (Å²) >= 11 is 0. The van der Waals surface area contributed by atoms with Crippen LogP contribution in [0.25, 0.3) is 0 Å². The van der Waals surface area contributed by atoms with Gasteiger partial charge in [0.15, 0.2) is 0 Å². The van der Waals surface area contributed by atoms with E-state index >= 15 is 0 Å². The molecule has 0 heterocycles. The second-order valence-corrected chi connectivity index (χ2v) is 5.88. The molecule has 0 saturated heterocycles. The van der Waals surface area contributed by atoms with Crippen LogP contribution in [0, 0.1) is 11.3 Å². The molecule has 1 saturated carbocycles. The van der Waals surface area contributed by atoms with Crippen LogP contribution in [-0.4, -0.2) is 12.1 Å². The molecule has 0 spiro atoms. The predicted octanol–water partition coefficient (Wildman–Crippen LogP) is 3.78. The zero-order chi connectivity index (χ0) is 13.7. The maximum absolute atomic E-state index is 9.51. The molecule has 1 aromatic rings. The summed E-state index contributed by atoms with van der Waals surface area (Å²) in [5.41, 5.74) is 0.931. The molecule has 0 aliphatic heterocycles. The standard InChI is InChI=1S/C17H24N2/c1-3-4-8-14(2)19-16-11-17(12-16,13-18)15-9-6-5-7-10-15/h5-7,9-10,14,16,19H,3-4,8,11-12H2,1-2H3. The quantitative estimate of drug-likeness (QED) is 0.840. The first-order valence-electron chi connectivity index (χ1n) is 7.43. The van der Waals surface area contributed by atoms with Gasteiger partial charge in [-0.15, -0.1) is 0 Å². The van der Waals surface area contributed by atoms with Crippen LogP contribution in [-0.2, 0) is 5.41 Å². The highest BCUT2D eigenvalue weighted by Crippen LogP contribution is 2.43. The first-order valence-corrected chi connectivity index (χ1v) is 7.43. The minimum absolute atomic E-state index is 0.247. The average molecular weight is 256 g/mol. The Bertz CT molecular complexity index is 426. The lowest BCUT2D eigenvalue weighted by atomic mass is 9.62. The molecule has 1 aromatic carbocycles. The van der Waals surface area contributed by atoms with Crippen LogP contribution < -0.4 is 5.32 Å².